The number of hydrogen-bond donors (Lipinski definition) is 1. The maximum atomic E-state index is 5.82. The van der Waals surface area contributed by atoms with Crippen LogP contribution in [0.5, 0.6) is 5.75 Å². The van der Waals surface area contributed by atoms with Crippen LogP contribution in [0.4, 0.5) is 0 Å². The number of hydrogen-bond acceptors (Lipinski definition) is 4. The minimum Gasteiger partial charge on any atom is -0.491 e. The van der Waals surface area contributed by atoms with E-state index in [9.17, 15) is 0 Å². The summed E-state index contributed by atoms with van der Waals surface area (Å²) in [4.78, 5) is 4.31. The lowest BCUT2D eigenvalue weighted by atomic mass is 10.2. The normalized spacial score (nSPS) is 12.6. The predicted molar refractivity (Wildman–Crippen MR) is 73.4 cm³/mol. The first-order valence-electron chi connectivity index (χ1n) is 5.56. The molecule has 0 fully saturated rings. The molecule has 2 aromatic rings. The van der Waals surface area contributed by atoms with Crippen LogP contribution < -0.4 is 9.46 Å². The number of nitrogens with one attached hydrogen (secondary N) is 1. The molecule has 1 unspecified atom stereocenters. The van der Waals surface area contributed by atoms with E-state index in [1.165, 1.54) is 0 Å². The molecule has 17 heavy (non-hydrogen) atoms. The van der Waals surface area contributed by atoms with Crippen molar-refractivity contribution in [3.05, 3.63) is 36.5 Å². The van der Waals surface area contributed by atoms with Crippen LogP contribution in [0.25, 0.3) is 10.9 Å². The highest BCUT2D eigenvalue weighted by Crippen LogP contribution is 2.23. The Balaban J connectivity index is 2.13. The number of aromatic nitrogens is 1. The lowest BCUT2D eigenvalue weighted by molar-refractivity contribution is 0.293. The van der Waals surface area contributed by atoms with Crippen molar-refractivity contribution in [2.24, 2.45) is 0 Å². The van der Waals surface area contributed by atoms with Crippen molar-refractivity contribution in [3.8, 4) is 5.75 Å². The smallest absolute Gasteiger partial charge is 0.130 e. The summed E-state index contributed by atoms with van der Waals surface area (Å²) in [6.45, 7) is 2.74. The summed E-state index contributed by atoms with van der Waals surface area (Å²) in [7, 11) is 0. The number of rotatable bonds is 5. The van der Waals surface area contributed by atoms with Gasteiger partial charge in [0.05, 0.1) is 5.52 Å². The van der Waals surface area contributed by atoms with Crippen LogP contribution in [0.2, 0.25) is 0 Å². The zero-order valence-electron chi connectivity index (χ0n) is 10.0. The van der Waals surface area contributed by atoms with Gasteiger partial charge in [0.15, 0.2) is 0 Å². The third kappa shape index (κ3) is 3.11. The van der Waals surface area contributed by atoms with Crippen molar-refractivity contribution in [1.82, 2.24) is 9.71 Å². The summed E-state index contributed by atoms with van der Waals surface area (Å²) in [5.41, 5.74) is 0.968. The first-order chi connectivity index (χ1) is 8.31. The van der Waals surface area contributed by atoms with Crippen LogP contribution in [0.15, 0.2) is 36.5 Å². The maximum Gasteiger partial charge on any atom is 0.130 e. The lowest BCUT2D eigenvalue weighted by Gasteiger charge is -2.14. The van der Waals surface area contributed by atoms with Gasteiger partial charge in [-0.3, -0.25) is 9.71 Å². The van der Waals surface area contributed by atoms with E-state index in [-0.39, 0.29) is 0 Å². The Morgan fingerprint density at radius 1 is 1.35 bits per heavy atom. The molecule has 0 aliphatic carbocycles. The molecule has 1 N–H and O–H groups in total. The van der Waals surface area contributed by atoms with E-state index >= 15 is 0 Å². The minimum atomic E-state index is 0.317. The van der Waals surface area contributed by atoms with Crippen LogP contribution in [0.3, 0.4) is 0 Å². The summed E-state index contributed by atoms with van der Waals surface area (Å²) >= 11 is 1.61. The highest BCUT2D eigenvalue weighted by Gasteiger charge is 2.05. The lowest BCUT2D eigenvalue weighted by Crippen LogP contribution is -2.26. The number of benzene rings is 1. The van der Waals surface area contributed by atoms with Gasteiger partial charge >= 0.3 is 0 Å². The third-order valence-corrected chi connectivity index (χ3v) is 3.05. The van der Waals surface area contributed by atoms with Crippen molar-refractivity contribution in [2.45, 2.75) is 13.0 Å². The van der Waals surface area contributed by atoms with Gasteiger partial charge in [-0.15, -0.1) is 0 Å². The van der Waals surface area contributed by atoms with Crippen LogP contribution in [-0.2, 0) is 0 Å². The fraction of sp³-hybridized carbons (Fsp3) is 0.308. The average Bonchev–Trinajstić information content (AvgIpc) is 2.36. The second kappa shape index (κ2) is 5.89. The highest BCUT2D eigenvalue weighted by molar-refractivity contribution is 7.96. The molecule has 0 saturated carbocycles. The SMILES string of the molecule is CSNC(C)COc1ccnc2ccccc12. The molecular weight excluding hydrogens is 232 g/mol. The largest absolute Gasteiger partial charge is 0.491 e. The molecule has 1 atom stereocenters. The Labute approximate surface area is 106 Å². The van der Waals surface area contributed by atoms with Crippen molar-refractivity contribution in [1.29, 1.82) is 0 Å². The number of para-hydroxylation sites is 1. The van der Waals surface area contributed by atoms with Crippen LogP contribution in [-0.4, -0.2) is 23.9 Å². The second-order valence-electron chi connectivity index (χ2n) is 3.86. The third-order valence-electron chi connectivity index (χ3n) is 2.42. The first kappa shape index (κ1) is 12.2. The molecule has 3 nitrogen and oxygen atoms in total. The van der Waals surface area contributed by atoms with Gasteiger partial charge in [-0.25, -0.2) is 0 Å². The Hall–Kier alpha value is -1.26. The van der Waals surface area contributed by atoms with E-state index in [0.717, 1.165) is 16.7 Å². The first-order valence-corrected chi connectivity index (χ1v) is 6.79. The molecule has 0 amide bonds. The second-order valence-corrected chi connectivity index (χ2v) is 4.50. The Bertz CT molecular complexity index is 484. The van der Waals surface area contributed by atoms with Gasteiger partial charge in [-0.05, 0) is 31.4 Å². The van der Waals surface area contributed by atoms with Gasteiger partial charge < -0.3 is 4.74 Å². The molecule has 0 bridgehead atoms. The van der Waals surface area contributed by atoms with E-state index in [4.69, 9.17) is 4.74 Å². The fourth-order valence-corrected chi connectivity index (χ4v) is 2.12. The van der Waals surface area contributed by atoms with Crippen LogP contribution >= 0.6 is 11.9 Å². The summed E-state index contributed by atoms with van der Waals surface area (Å²) in [5.74, 6) is 0.894. The molecule has 1 heterocycles. The topological polar surface area (TPSA) is 34.1 Å². The van der Waals surface area contributed by atoms with E-state index in [2.05, 4.69) is 16.6 Å². The van der Waals surface area contributed by atoms with Gasteiger partial charge in [0, 0.05) is 17.6 Å². The molecule has 0 aliphatic heterocycles. The Kier molecular flexibility index (Phi) is 4.23. The standard InChI is InChI=1S/C13H16N2OS/c1-10(15-17-2)9-16-13-7-8-14-12-6-4-3-5-11(12)13/h3-8,10,15H,9H2,1-2H3. The number of pyridine rings is 1. The molecule has 1 aromatic heterocycles. The summed E-state index contributed by atoms with van der Waals surface area (Å²) in [5, 5.41) is 1.06. The molecule has 0 spiro atoms. The number of fused-ring (bicyclic) bond motifs is 1. The van der Waals surface area contributed by atoms with Crippen molar-refractivity contribution >= 4 is 22.9 Å². The molecule has 0 saturated heterocycles. The Morgan fingerprint density at radius 3 is 3.00 bits per heavy atom. The van der Waals surface area contributed by atoms with Crippen molar-refractivity contribution < 1.29 is 4.74 Å². The van der Waals surface area contributed by atoms with Crippen molar-refractivity contribution in [2.75, 3.05) is 12.9 Å². The highest BCUT2D eigenvalue weighted by atomic mass is 32.2. The molecular formula is C13H16N2OS. The molecule has 0 radical (unpaired) electrons. The molecule has 0 aliphatic rings. The maximum absolute atomic E-state index is 5.82. The summed E-state index contributed by atoms with van der Waals surface area (Å²) in [6, 6.07) is 10.2. The van der Waals surface area contributed by atoms with Gasteiger partial charge in [-0.2, -0.15) is 0 Å². The predicted octanol–water partition coefficient (Wildman–Crippen LogP) is 2.87. The van der Waals surface area contributed by atoms with Gasteiger partial charge in [0.25, 0.3) is 0 Å². The molecule has 1 aromatic carbocycles. The van der Waals surface area contributed by atoms with E-state index in [1.807, 2.05) is 36.6 Å². The van der Waals surface area contributed by atoms with E-state index in [0.29, 0.717) is 12.6 Å². The summed E-state index contributed by atoms with van der Waals surface area (Å²) < 4.78 is 9.06. The van der Waals surface area contributed by atoms with E-state index in [1.54, 1.807) is 18.1 Å². The van der Waals surface area contributed by atoms with Gasteiger partial charge in [-0.1, -0.05) is 24.1 Å². The average molecular weight is 248 g/mol. The zero-order valence-corrected chi connectivity index (χ0v) is 10.8. The van der Waals surface area contributed by atoms with Crippen molar-refractivity contribution in [3.63, 3.8) is 0 Å². The minimum absolute atomic E-state index is 0.317. The molecule has 2 rings (SSSR count). The number of ether oxygens (including phenoxy) is 1. The monoisotopic (exact) mass is 248 g/mol. The molecule has 90 valence electrons. The zero-order chi connectivity index (χ0) is 12.1. The number of nitrogens with zero attached hydrogens (tertiary/aromatic N) is 1. The van der Waals surface area contributed by atoms with Gasteiger partial charge in [0.1, 0.15) is 12.4 Å². The molecule has 4 heteroatoms. The fourth-order valence-electron chi connectivity index (χ4n) is 1.65. The Morgan fingerprint density at radius 2 is 2.18 bits per heavy atom. The quantitative estimate of drug-likeness (QED) is 0.825. The van der Waals surface area contributed by atoms with E-state index < -0.39 is 0 Å². The van der Waals surface area contributed by atoms with Crippen LogP contribution in [0.1, 0.15) is 6.92 Å². The van der Waals surface area contributed by atoms with Crippen LogP contribution in [0, 0.1) is 0 Å². The van der Waals surface area contributed by atoms with Gasteiger partial charge in [0.2, 0.25) is 0 Å². The summed E-state index contributed by atoms with van der Waals surface area (Å²) in [6.07, 6.45) is 3.79.